The molecule has 1 amide bonds. The molecule has 2 aromatic carbocycles. The number of hydrogen-bond acceptors (Lipinski definition) is 2. The molecule has 0 saturated heterocycles. The third-order valence-corrected chi connectivity index (χ3v) is 3.74. The van der Waals surface area contributed by atoms with Crippen LogP contribution < -0.4 is 5.32 Å². The summed E-state index contributed by atoms with van der Waals surface area (Å²) >= 11 is 0. The first-order valence-electron chi connectivity index (χ1n) is 6.94. The van der Waals surface area contributed by atoms with Crippen molar-refractivity contribution in [3.63, 3.8) is 0 Å². The molecule has 0 atom stereocenters. The summed E-state index contributed by atoms with van der Waals surface area (Å²) in [5.41, 5.74) is 4.05. The SMILES string of the molecule is O=C(Nc1ccc(O)cc1)c1ccc2c(c1)CCCC2. The zero-order chi connectivity index (χ0) is 13.9. The van der Waals surface area contributed by atoms with Crippen molar-refractivity contribution in [2.75, 3.05) is 5.32 Å². The van der Waals surface area contributed by atoms with Crippen LogP contribution in [-0.4, -0.2) is 11.0 Å². The maximum atomic E-state index is 12.2. The Morgan fingerprint density at radius 3 is 2.40 bits per heavy atom. The first-order chi connectivity index (χ1) is 9.72. The Morgan fingerprint density at radius 1 is 0.950 bits per heavy atom. The highest BCUT2D eigenvalue weighted by molar-refractivity contribution is 6.04. The average Bonchev–Trinajstić information content (AvgIpc) is 2.49. The molecule has 0 bridgehead atoms. The van der Waals surface area contributed by atoms with Crippen LogP contribution in [0, 0.1) is 0 Å². The number of fused-ring (bicyclic) bond motifs is 1. The van der Waals surface area contributed by atoms with Gasteiger partial charge in [0, 0.05) is 11.3 Å². The van der Waals surface area contributed by atoms with Crippen LogP contribution in [-0.2, 0) is 12.8 Å². The van der Waals surface area contributed by atoms with Gasteiger partial charge in [-0.15, -0.1) is 0 Å². The standard InChI is InChI=1S/C17H17NO2/c19-16-9-7-15(8-10-16)18-17(20)14-6-5-12-3-1-2-4-13(12)11-14/h5-11,19H,1-4H2,(H,18,20). The van der Waals surface area contributed by atoms with Crippen LogP contribution in [0.25, 0.3) is 0 Å². The number of carbonyl (C=O) groups is 1. The predicted octanol–water partition coefficient (Wildman–Crippen LogP) is 3.52. The van der Waals surface area contributed by atoms with Gasteiger partial charge >= 0.3 is 0 Å². The number of aryl methyl sites for hydroxylation is 2. The van der Waals surface area contributed by atoms with Gasteiger partial charge in [-0.1, -0.05) is 6.07 Å². The van der Waals surface area contributed by atoms with Crippen molar-refractivity contribution >= 4 is 11.6 Å². The molecular formula is C17H17NO2. The maximum absolute atomic E-state index is 12.2. The van der Waals surface area contributed by atoms with Gasteiger partial charge in [0.25, 0.3) is 5.91 Å². The van der Waals surface area contributed by atoms with E-state index in [2.05, 4.69) is 11.4 Å². The fourth-order valence-corrected chi connectivity index (χ4v) is 2.62. The van der Waals surface area contributed by atoms with Gasteiger partial charge in [0.05, 0.1) is 0 Å². The van der Waals surface area contributed by atoms with Crippen LogP contribution in [0.4, 0.5) is 5.69 Å². The molecule has 2 aromatic rings. The first kappa shape index (κ1) is 12.7. The zero-order valence-electron chi connectivity index (χ0n) is 11.2. The molecule has 3 rings (SSSR count). The van der Waals surface area contributed by atoms with Crippen LogP contribution in [0.3, 0.4) is 0 Å². The van der Waals surface area contributed by atoms with Gasteiger partial charge in [0.1, 0.15) is 5.75 Å². The Labute approximate surface area is 118 Å². The zero-order valence-corrected chi connectivity index (χ0v) is 11.2. The Hall–Kier alpha value is -2.29. The van der Waals surface area contributed by atoms with Gasteiger partial charge in [-0.05, 0) is 73.2 Å². The molecule has 0 saturated carbocycles. The fourth-order valence-electron chi connectivity index (χ4n) is 2.62. The Balaban J connectivity index is 1.78. The summed E-state index contributed by atoms with van der Waals surface area (Å²) < 4.78 is 0. The summed E-state index contributed by atoms with van der Waals surface area (Å²) in [6.07, 6.45) is 4.63. The fraction of sp³-hybridized carbons (Fsp3) is 0.235. The molecule has 1 aliphatic carbocycles. The normalized spacial score (nSPS) is 13.6. The summed E-state index contributed by atoms with van der Waals surface area (Å²) in [6, 6.07) is 12.5. The molecule has 3 heteroatoms. The van der Waals surface area contributed by atoms with Gasteiger partial charge in [0.15, 0.2) is 0 Å². The van der Waals surface area contributed by atoms with E-state index in [0.29, 0.717) is 11.3 Å². The summed E-state index contributed by atoms with van der Waals surface area (Å²) in [5.74, 6) is 0.0841. The molecule has 0 aromatic heterocycles. The minimum atomic E-state index is -0.107. The van der Waals surface area contributed by atoms with E-state index in [1.165, 1.54) is 24.0 Å². The molecule has 3 nitrogen and oxygen atoms in total. The van der Waals surface area contributed by atoms with E-state index in [-0.39, 0.29) is 11.7 Å². The number of benzene rings is 2. The van der Waals surface area contributed by atoms with Crippen LogP contribution in [0.1, 0.15) is 34.3 Å². The van der Waals surface area contributed by atoms with Crippen molar-refractivity contribution in [1.82, 2.24) is 0 Å². The quantitative estimate of drug-likeness (QED) is 0.818. The lowest BCUT2D eigenvalue weighted by Crippen LogP contribution is -2.13. The summed E-state index contributed by atoms with van der Waals surface area (Å²) in [6.45, 7) is 0. The van der Waals surface area contributed by atoms with E-state index in [1.807, 2.05) is 12.1 Å². The van der Waals surface area contributed by atoms with Crippen LogP contribution in [0.2, 0.25) is 0 Å². The van der Waals surface area contributed by atoms with Crippen molar-refractivity contribution in [1.29, 1.82) is 0 Å². The summed E-state index contributed by atoms with van der Waals surface area (Å²) in [7, 11) is 0. The average molecular weight is 267 g/mol. The van der Waals surface area contributed by atoms with Gasteiger partial charge in [-0.2, -0.15) is 0 Å². The Kier molecular flexibility index (Phi) is 3.42. The van der Waals surface area contributed by atoms with Crippen molar-refractivity contribution < 1.29 is 9.90 Å². The summed E-state index contributed by atoms with van der Waals surface area (Å²) in [4.78, 5) is 12.2. The topological polar surface area (TPSA) is 49.3 Å². The van der Waals surface area contributed by atoms with Crippen molar-refractivity contribution in [2.24, 2.45) is 0 Å². The first-order valence-corrected chi connectivity index (χ1v) is 6.94. The van der Waals surface area contributed by atoms with Gasteiger partial charge in [-0.3, -0.25) is 4.79 Å². The third kappa shape index (κ3) is 2.67. The van der Waals surface area contributed by atoms with Gasteiger partial charge < -0.3 is 10.4 Å². The number of aromatic hydroxyl groups is 1. The molecular weight excluding hydrogens is 250 g/mol. The van der Waals surface area contributed by atoms with E-state index < -0.39 is 0 Å². The second-order valence-electron chi connectivity index (χ2n) is 5.19. The predicted molar refractivity (Wildman–Crippen MR) is 79.1 cm³/mol. The van der Waals surface area contributed by atoms with Crippen molar-refractivity contribution in [3.05, 3.63) is 59.2 Å². The second-order valence-corrected chi connectivity index (χ2v) is 5.19. The van der Waals surface area contributed by atoms with Gasteiger partial charge in [0.2, 0.25) is 0 Å². The Morgan fingerprint density at radius 2 is 1.65 bits per heavy atom. The second kappa shape index (κ2) is 5.37. The molecule has 0 heterocycles. The number of anilines is 1. The molecule has 2 N–H and O–H groups in total. The number of nitrogens with one attached hydrogen (secondary N) is 1. The number of rotatable bonds is 2. The number of amides is 1. The lowest BCUT2D eigenvalue weighted by molar-refractivity contribution is 0.102. The molecule has 1 aliphatic rings. The minimum Gasteiger partial charge on any atom is -0.508 e. The number of carbonyl (C=O) groups excluding carboxylic acids is 1. The highest BCUT2D eigenvalue weighted by Gasteiger charge is 2.12. The van der Waals surface area contributed by atoms with Crippen molar-refractivity contribution in [2.45, 2.75) is 25.7 Å². The molecule has 0 spiro atoms. The van der Waals surface area contributed by atoms with Crippen LogP contribution >= 0.6 is 0 Å². The lowest BCUT2D eigenvalue weighted by atomic mass is 9.90. The smallest absolute Gasteiger partial charge is 0.255 e. The van der Waals surface area contributed by atoms with Crippen molar-refractivity contribution in [3.8, 4) is 5.75 Å². The lowest BCUT2D eigenvalue weighted by Gasteiger charge is -2.16. The molecule has 20 heavy (non-hydrogen) atoms. The van der Waals surface area contributed by atoms with E-state index in [4.69, 9.17) is 0 Å². The monoisotopic (exact) mass is 267 g/mol. The summed E-state index contributed by atoms with van der Waals surface area (Å²) in [5, 5.41) is 12.1. The van der Waals surface area contributed by atoms with E-state index in [0.717, 1.165) is 12.8 Å². The molecule has 0 radical (unpaired) electrons. The van der Waals surface area contributed by atoms with Crippen LogP contribution in [0.15, 0.2) is 42.5 Å². The van der Waals surface area contributed by atoms with Crippen LogP contribution in [0.5, 0.6) is 5.75 Å². The Bertz CT molecular complexity index is 632. The van der Waals surface area contributed by atoms with E-state index >= 15 is 0 Å². The molecule has 0 unspecified atom stereocenters. The number of hydrogen-bond donors (Lipinski definition) is 2. The number of phenols is 1. The molecule has 0 fully saturated rings. The van der Waals surface area contributed by atoms with Gasteiger partial charge in [-0.25, -0.2) is 0 Å². The molecule has 0 aliphatic heterocycles. The maximum Gasteiger partial charge on any atom is 0.255 e. The third-order valence-electron chi connectivity index (χ3n) is 3.74. The highest BCUT2D eigenvalue weighted by atomic mass is 16.3. The van der Waals surface area contributed by atoms with E-state index in [9.17, 15) is 9.90 Å². The molecule has 102 valence electrons. The largest absolute Gasteiger partial charge is 0.508 e. The van der Waals surface area contributed by atoms with E-state index in [1.54, 1.807) is 24.3 Å². The highest BCUT2D eigenvalue weighted by Crippen LogP contribution is 2.23. The minimum absolute atomic E-state index is 0.107. The number of phenolic OH excluding ortho intramolecular Hbond substituents is 1.